The minimum Gasteiger partial charge on any atom is -0.316 e. The van der Waals surface area contributed by atoms with Gasteiger partial charge in [0.1, 0.15) is 0 Å². The highest BCUT2D eigenvalue weighted by molar-refractivity contribution is 5.85. The number of rotatable bonds is 2. The number of hydrogen-bond acceptors (Lipinski definition) is 2. The van der Waals surface area contributed by atoms with Crippen molar-refractivity contribution in [2.24, 2.45) is 11.8 Å². The van der Waals surface area contributed by atoms with E-state index in [2.05, 4.69) is 10.2 Å². The van der Waals surface area contributed by atoms with Crippen LogP contribution in [0.15, 0.2) is 0 Å². The Morgan fingerprint density at radius 1 is 1.00 bits per heavy atom. The molecule has 0 aromatic carbocycles. The van der Waals surface area contributed by atoms with Crippen molar-refractivity contribution in [2.75, 3.05) is 26.2 Å². The average molecular weight is 217 g/mol. The number of nitrogens with zero attached hydrogens (tertiary/aromatic N) is 1. The number of hydrogen-bond donors (Lipinski definition) is 1. The Balaban J connectivity index is 0.000000750. The SMILES string of the molecule is C1CC(C2CNC2)CN(C2CC2)C1.Cl. The fourth-order valence-corrected chi connectivity index (χ4v) is 2.84. The molecule has 3 fully saturated rings. The van der Waals surface area contributed by atoms with E-state index in [1.165, 1.54) is 51.9 Å². The Hall–Kier alpha value is 0.210. The summed E-state index contributed by atoms with van der Waals surface area (Å²) in [4.78, 5) is 2.76. The van der Waals surface area contributed by atoms with Crippen molar-refractivity contribution in [3.8, 4) is 0 Å². The monoisotopic (exact) mass is 216 g/mol. The smallest absolute Gasteiger partial charge is 0.00965 e. The van der Waals surface area contributed by atoms with Crippen molar-refractivity contribution in [2.45, 2.75) is 31.7 Å². The summed E-state index contributed by atoms with van der Waals surface area (Å²) in [5.41, 5.74) is 0. The lowest BCUT2D eigenvalue weighted by Gasteiger charge is -2.41. The highest BCUT2D eigenvalue weighted by Gasteiger charge is 2.36. The maximum atomic E-state index is 3.40. The van der Waals surface area contributed by atoms with Crippen LogP contribution < -0.4 is 5.32 Å². The minimum absolute atomic E-state index is 0. The van der Waals surface area contributed by atoms with Gasteiger partial charge in [0.05, 0.1) is 0 Å². The van der Waals surface area contributed by atoms with Gasteiger partial charge in [0, 0.05) is 12.6 Å². The zero-order valence-corrected chi connectivity index (χ0v) is 9.56. The summed E-state index contributed by atoms with van der Waals surface area (Å²) < 4.78 is 0. The molecule has 1 saturated carbocycles. The van der Waals surface area contributed by atoms with Crippen LogP contribution in [-0.4, -0.2) is 37.1 Å². The molecule has 0 amide bonds. The summed E-state index contributed by atoms with van der Waals surface area (Å²) in [6.45, 7) is 5.39. The molecule has 0 aromatic heterocycles. The second-order valence-corrected chi connectivity index (χ2v) is 5.05. The van der Waals surface area contributed by atoms with Crippen LogP contribution in [0.3, 0.4) is 0 Å². The largest absolute Gasteiger partial charge is 0.316 e. The number of halogens is 1. The summed E-state index contributed by atoms with van der Waals surface area (Å²) in [7, 11) is 0. The zero-order valence-electron chi connectivity index (χ0n) is 8.74. The first-order valence-corrected chi connectivity index (χ1v) is 5.88. The zero-order chi connectivity index (χ0) is 8.67. The molecule has 14 heavy (non-hydrogen) atoms. The lowest BCUT2D eigenvalue weighted by atomic mass is 9.82. The van der Waals surface area contributed by atoms with Crippen molar-refractivity contribution >= 4 is 12.4 Å². The molecule has 0 bridgehead atoms. The van der Waals surface area contributed by atoms with Crippen molar-refractivity contribution in [1.29, 1.82) is 0 Å². The van der Waals surface area contributed by atoms with E-state index in [0.717, 1.165) is 17.9 Å². The van der Waals surface area contributed by atoms with E-state index in [9.17, 15) is 0 Å². The van der Waals surface area contributed by atoms with Crippen molar-refractivity contribution in [3.63, 3.8) is 0 Å². The Morgan fingerprint density at radius 3 is 2.36 bits per heavy atom. The van der Waals surface area contributed by atoms with E-state index in [1.54, 1.807) is 0 Å². The molecule has 1 aliphatic carbocycles. The standard InChI is InChI=1S/C11H20N2.ClH/c1-2-9(10-6-12-7-10)8-13(5-1)11-3-4-11;/h9-12H,1-8H2;1H. The number of piperidine rings is 1. The Morgan fingerprint density at radius 2 is 1.79 bits per heavy atom. The fraction of sp³-hybridized carbons (Fsp3) is 1.00. The number of nitrogens with one attached hydrogen (secondary N) is 1. The predicted molar refractivity (Wildman–Crippen MR) is 60.9 cm³/mol. The van der Waals surface area contributed by atoms with Crippen LogP contribution in [0, 0.1) is 11.8 Å². The lowest BCUT2D eigenvalue weighted by Crippen LogP contribution is -2.51. The third-order valence-corrected chi connectivity index (χ3v) is 4.03. The van der Waals surface area contributed by atoms with Gasteiger partial charge in [0.2, 0.25) is 0 Å². The van der Waals surface area contributed by atoms with Crippen LogP contribution in [0.5, 0.6) is 0 Å². The summed E-state index contributed by atoms with van der Waals surface area (Å²) >= 11 is 0. The van der Waals surface area contributed by atoms with E-state index >= 15 is 0 Å². The van der Waals surface area contributed by atoms with Gasteiger partial charge < -0.3 is 10.2 Å². The molecule has 2 heterocycles. The van der Waals surface area contributed by atoms with Gasteiger partial charge in [0.15, 0.2) is 0 Å². The highest BCUT2D eigenvalue weighted by Crippen LogP contribution is 2.33. The van der Waals surface area contributed by atoms with E-state index in [-0.39, 0.29) is 12.4 Å². The molecule has 2 saturated heterocycles. The van der Waals surface area contributed by atoms with E-state index in [4.69, 9.17) is 0 Å². The van der Waals surface area contributed by atoms with Crippen LogP contribution in [0.25, 0.3) is 0 Å². The average Bonchev–Trinajstić information content (AvgIpc) is 2.83. The molecule has 2 nitrogen and oxygen atoms in total. The summed E-state index contributed by atoms with van der Waals surface area (Å²) in [6, 6.07) is 0.996. The molecule has 0 spiro atoms. The minimum atomic E-state index is 0. The molecule has 3 rings (SSSR count). The Labute approximate surface area is 92.8 Å². The summed E-state index contributed by atoms with van der Waals surface area (Å²) in [5, 5.41) is 3.40. The van der Waals surface area contributed by atoms with Gasteiger partial charge in [-0.3, -0.25) is 0 Å². The molecule has 1 atom stereocenters. The summed E-state index contributed by atoms with van der Waals surface area (Å²) in [6.07, 6.45) is 5.92. The first kappa shape index (κ1) is 10.7. The molecule has 1 N–H and O–H groups in total. The van der Waals surface area contributed by atoms with Crippen LogP contribution in [0.1, 0.15) is 25.7 Å². The second kappa shape index (κ2) is 4.38. The molecule has 0 radical (unpaired) electrons. The first-order chi connectivity index (χ1) is 6.43. The van der Waals surface area contributed by atoms with Crippen LogP contribution in [0.2, 0.25) is 0 Å². The topological polar surface area (TPSA) is 15.3 Å². The maximum absolute atomic E-state index is 3.40. The Kier molecular flexibility index (Phi) is 3.35. The maximum Gasteiger partial charge on any atom is 0.00965 e. The molecular weight excluding hydrogens is 196 g/mol. The van der Waals surface area contributed by atoms with E-state index in [0.29, 0.717) is 0 Å². The molecular formula is C11H21ClN2. The van der Waals surface area contributed by atoms with Gasteiger partial charge in [0.25, 0.3) is 0 Å². The van der Waals surface area contributed by atoms with Gasteiger partial charge in [-0.1, -0.05) is 0 Å². The molecule has 3 heteroatoms. The van der Waals surface area contributed by atoms with Gasteiger partial charge in [-0.2, -0.15) is 0 Å². The van der Waals surface area contributed by atoms with Crippen molar-refractivity contribution in [3.05, 3.63) is 0 Å². The van der Waals surface area contributed by atoms with Gasteiger partial charge in [-0.15, -0.1) is 12.4 Å². The molecule has 2 aliphatic heterocycles. The van der Waals surface area contributed by atoms with Crippen LogP contribution >= 0.6 is 12.4 Å². The molecule has 0 aromatic rings. The van der Waals surface area contributed by atoms with Gasteiger partial charge in [-0.05, 0) is 57.2 Å². The first-order valence-electron chi connectivity index (χ1n) is 5.88. The fourth-order valence-electron chi connectivity index (χ4n) is 2.84. The normalized spacial score (nSPS) is 34.7. The van der Waals surface area contributed by atoms with Crippen LogP contribution in [0.4, 0.5) is 0 Å². The second-order valence-electron chi connectivity index (χ2n) is 5.05. The third-order valence-electron chi connectivity index (χ3n) is 4.03. The van der Waals surface area contributed by atoms with Crippen molar-refractivity contribution in [1.82, 2.24) is 10.2 Å². The predicted octanol–water partition coefficient (Wildman–Crippen LogP) is 1.50. The lowest BCUT2D eigenvalue weighted by molar-refractivity contribution is 0.103. The summed E-state index contributed by atoms with van der Waals surface area (Å²) in [5.74, 6) is 2.04. The number of likely N-dealkylation sites (tertiary alicyclic amines) is 1. The van der Waals surface area contributed by atoms with E-state index < -0.39 is 0 Å². The molecule has 82 valence electrons. The van der Waals surface area contributed by atoms with Gasteiger partial charge >= 0.3 is 0 Å². The molecule has 3 aliphatic rings. The van der Waals surface area contributed by atoms with Crippen molar-refractivity contribution < 1.29 is 0 Å². The van der Waals surface area contributed by atoms with Crippen LogP contribution in [-0.2, 0) is 0 Å². The van der Waals surface area contributed by atoms with E-state index in [1.807, 2.05) is 0 Å². The highest BCUT2D eigenvalue weighted by atomic mass is 35.5. The third kappa shape index (κ3) is 2.07. The molecule has 1 unspecified atom stereocenters. The quantitative estimate of drug-likeness (QED) is 0.753. The van der Waals surface area contributed by atoms with Gasteiger partial charge in [-0.25, -0.2) is 0 Å². The Bertz CT molecular complexity index is 190.